The molecule has 5 aromatic carbocycles. The van der Waals surface area contributed by atoms with Crippen molar-refractivity contribution < 1.29 is 4.42 Å². The lowest BCUT2D eigenvalue weighted by Crippen LogP contribution is -2.15. The van der Waals surface area contributed by atoms with Gasteiger partial charge >= 0.3 is 0 Å². The molecule has 178 valence electrons. The molecule has 0 atom stereocenters. The second-order valence-electron chi connectivity index (χ2n) is 11.0. The lowest BCUT2D eigenvalue weighted by Gasteiger charge is -2.22. The lowest BCUT2D eigenvalue weighted by molar-refractivity contribution is 0.662. The van der Waals surface area contributed by atoms with Crippen LogP contribution in [-0.2, 0) is 5.41 Å². The molecule has 38 heavy (non-hydrogen) atoms. The van der Waals surface area contributed by atoms with Gasteiger partial charge in [-0.2, -0.15) is 0 Å². The van der Waals surface area contributed by atoms with Crippen LogP contribution in [0.3, 0.4) is 0 Å². The summed E-state index contributed by atoms with van der Waals surface area (Å²) >= 11 is 0. The minimum atomic E-state index is -0.0885. The molecule has 0 aliphatic heterocycles. The number of hydrogen-bond donors (Lipinski definition) is 0. The molecular formula is C35H22N2O. The van der Waals surface area contributed by atoms with Crippen molar-refractivity contribution in [2.45, 2.75) is 19.3 Å². The van der Waals surface area contributed by atoms with Crippen LogP contribution in [0.25, 0.3) is 76.3 Å². The van der Waals surface area contributed by atoms with Gasteiger partial charge in [-0.25, -0.2) is 9.97 Å². The Morgan fingerprint density at radius 1 is 0.553 bits per heavy atom. The molecule has 3 aromatic heterocycles. The summed E-state index contributed by atoms with van der Waals surface area (Å²) in [7, 11) is 0. The molecule has 6 bridgehead atoms. The topological polar surface area (TPSA) is 38.9 Å². The van der Waals surface area contributed by atoms with Crippen molar-refractivity contribution in [1.29, 1.82) is 0 Å². The summed E-state index contributed by atoms with van der Waals surface area (Å²) < 4.78 is 6.35. The highest BCUT2D eigenvalue weighted by Crippen LogP contribution is 2.48. The highest BCUT2D eigenvalue weighted by Gasteiger charge is 2.32. The van der Waals surface area contributed by atoms with Crippen LogP contribution in [0.1, 0.15) is 25.0 Å². The van der Waals surface area contributed by atoms with Crippen LogP contribution < -0.4 is 0 Å². The second kappa shape index (κ2) is 6.76. The molecule has 0 radical (unpaired) electrons. The van der Waals surface area contributed by atoms with E-state index >= 15 is 0 Å². The third-order valence-corrected chi connectivity index (χ3v) is 8.62. The van der Waals surface area contributed by atoms with Gasteiger partial charge in [-0.05, 0) is 63.0 Å². The summed E-state index contributed by atoms with van der Waals surface area (Å²) in [6, 6.07) is 34.7. The Balaban J connectivity index is 1.69. The predicted octanol–water partition coefficient (Wildman–Crippen LogP) is 9.34. The van der Waals surface area contributed by atoms with Crippen molar-refractivity contribution in [2.24, 2.45) is 0 Å². The van der Waals surface area contributed by atoms with Crippen LogP contribution in [0.5, 0.6) is 0 Å². The zero-order valence-electron chi connectivity index (χ0n) is 21.0. The fourth-order valence-corrected chi connectivity index (χ4v) is 6.79. The largest absolute Gasteiger partial charge is 0.456 e. The Labute approximate surface area is 218 Å². The van der Waals surface area contributed by atoms with Gasteiger partial charge in [0.1, 0.15) is 11.2 Å². The lowest BCUT2D eigenvalue weighted by atomic mass is 9.81. The van der Waals surface area contributed by atoms with Crippen molar-refractivity contribution in [3.63, 3.8) is 0 Å². The number of furan rings is 1. The first-order valence-electron chi connectivity index (χ1n) is 13.1. The third kappa shape index (κ3) is 2.44. The van der Waals surface area contributed by atoms with Gasteiger partial charge < -0.3 is 4.42 Å². The van der Waals surface area contributed by atoms with Crippen LogP contribution >= 0.6 is 0 Å². The quantitative estimate of drug-likeness (QED) is 0.214. The van der Waals surface area contributed by atoms with Crippen molar-refractivity contribution >= 4 is 76.3 Å². The van der Waals surface area contributed by atoms with E-state index in [-0.39, 0.29) is 5.41 Å². The molecule has 3 heteroatoms. The van der Waals surface area contributed by atoms with Gasteiger partial charge in [0.15, 0.2) is 5.65 Å². The maximum Gasteiger partial charge on any atom is 0.161 e. The fourth-order valence-electron chi connectivity index (χ4n) is 6.79. The van der Waals surface area contributed by atoms with Gasteiger partial charge in [-0.15, -0.1) is 0 Å². The summed E-state index contributed by atoms with van der Waals surface area (Å²) in [6.45, 7) is 4.67. The number of benzene rings is 5. The molecule has 3 heterocycles. The Kier molecular flexibility index (Phi) is 3.61. The molecule has 1 aliphatic carbocycles. The molecule has 9 rings (SSSR count). The maximum atomic E-state index is 6.35. The summed E-state index contributed by atoms with van der Waals surface area (Å²) in [6.07, 6.45) is 0. The molecule has 0 unspecified atom stereocenters. The molecule has 0 fully saturated rings. The minimum absolute atomic E-state index is 0.0885. The Morgan fingerprint density at radius 3 is 2.29 bits per heavy atom. The van der Waals surface area contributed by atoms with Crippen LogP contribution in [0.4, 0.5) is 0 Å². The summed E-state index contributed by atoms with van der Waals surface area (Å²) in [4.78, 5) is 10.3. The smallest absolute Gasteiger partial charge is 0.161 e. The molecule has 0 N–H and O–H groups in total. The van der Waals surface area contributed by atoms with Gasteiger partial charge in [0.2, 0.25) is 0 Å². The first-order chi connectivity index (χ1) is 18.6. The highest BCUT2D eigenvalue weighted by molar-refractivity contribution is 6.21. The monoisotopic (exact) mass is 486 g/mol. The highest BCUT2D eigenvalue weighted by atomic mass is 16.3. The van der Waals surface area contributed by atoms with Crippen molar-refractivity contribution in [3.8, 4) is 0 Å². The van der Waals surface area contributed by atoms with Gasteiger partial charge in [0.25, 0.3) is 0 Å². The fraction of sp³-hybridized carbons (Fsp3) is 0.0857. The zero-order valence-corrected chi connectivity index (χ0v) is 21.0. The third-order valence-electron chi connectivity index (χ3n) is 8.62. The first kappa shape index (κ1) is 20.3. The average Bonchev–Trinajstić information content (AvgIpc) is 3.44. The molecule has 3 nitrogen and oxygen atoms in total. The number of nitrogens with zero attached hydrogens (tertiary/aromatic N) is 2. The van der Waals surface area contributed by atoms with Gasteiger partial charge in [-0.1, -0.05) is 80.6 Å². The van der Waals surface area contributed by atoms with Crippen LogP contribution in [0.2, 0.25) is 0 Å². The SMILES string of the molecule is CC1(C)c2ccc3cc2c2c1cccc2c1ccc2oc4cccc(c5nc6ccccc6c3n5)c4c2c1. The second-order valence-corrected chi connectivity index (χ2v) is 11.0. The van der Waals surface area contributed by atoms with E-state index in [9.17, 15) is 0 Å². The van der Waals surface area contributed by atoms with Gasteiger partial charge in [0, 0.05) is 32.3 Å². The molecular weight excluding hydrogens is 464 g/mol. The average molecular weight is 487 g/mol. The summed E-state index contributed by atoms with van der Waals surface area (Å²) in [5, 5.41) is 10.4. The minimum Gasteiger partial charge on any atom is -0.456 e. The normalized spacial score (nSPS) is 14.3. The van der Waals surface area contributed by atoms with E-state index in [0.717, 1.165) is 54.8 Å². The summed E-state index contributed by atoms with van der Waals surface area (Å²) in [5.74, 6) is 0. The van der Waals surface area contributed by atoms with E-state index in [0.29, 0.717) is 0 Å². The Bertz CT molecular complexity index is 2380. The molecule has 0 spiro atoms. The molecule has 0 saturated carbocycles. The van der Waals surface area contributed by atoms with E-state index in [4.69, 9.17) is 14.4 Å². The van der Waals surface area contributed by atoms with E-state index in [1.54, 1.807) is 0 Å². The number of rotatable bonds is 0. The first-order valence-corrected chi connectivity index (χ1v) is 13.1. The van der Waals surface area contributed by atoms with Crippen molar-refractivity contribution in [3.05, 3.63) is 108 Å². The Morgan fingerprint density at radius 2 is 1.34 bits per heavy atom. The van der Waals surface area contributed by atoms with E-state index < -0.39 is 0 Å². The van der Waals surface area contributed by atoms with Crippen LogP contribution in [0, 0.1) is 0 Å². The van der Waals surface area contributed by atoms with E-state index in [1.807, 2.05) is 18.2 Å². The number of aromatic nitrogens is 2. The van der Waals surface area contributed by atoms with Gasteiger partial charge in [-0.3, -0.25) is 0 Å². The van der Waals surface area contributed by atoms with E-state index in [2.05, 4.69) is 92.7 Å². The predicted molar refractivity (Wildman–Crippen MR) is 158 cm³/mol. The number of hydrogen-bond acceptors (Lipinski definition) is 3. The zero-order chi connectivity index (χ0) is 25.2. The number of fused-ring (bicyclic) bond motifs is 9. The Hall–Kier alpha value is -4.76. The van der Waals surface area contributed by atoms with Crippen molar-refractivity contribution in [1.82, 2.24) is 9.97 Å². The maximum absolute atomic E-state index is 6.35. The molecule has 0 amide bonds. The van der Waals surface area contributed by atoms with Gasteiger partial charge in [0.05, 0.1) is 11.0 Å². The molecule has 0 saturated heterocycles. The summed E-state index contributed by atoms with van der Waals surface area (Å²) in [5.41, 5.74) is 6.97. The molecule has 8 aromatic rings. The van der Waals surface area contributed by atoms with Crippen LogP contribution in [0.15, 0.2) is 101 Å². The number of para-hydroxylation sites is 1. The van der Waals surface area contributed by atoms with Crippen molar-refractivity contribution in [2.75, 3.05) is 0 Å². The van der Waals surface area contributed by atoms with E-state index in [1.165, 1.54) is 32.7 Å². The van der Waals surface area contributed by atoms with Crippen LogP contribution in [-0.4, -0.2) is 9.97 Å². The standard InChI is InChI=1S/C35H22N2O/c1-35(2)26-15-13-20-18-24(26)31-21(8-5-10-27(31)35)19-14-16-29-25(17-19)32-23(9-6-12-30(32)38-29)34-36-28-11-4-3-7-22(28)33(20)37-34/h3-18H,1-2H3. The molecule has 1 aliphatic rings.